The zero-order valence-corrected chi connectivity index (χ0v) is 21.1. The number of hydrogen-bond donors (Lipinski definition) is 3. The Kier molecular flexibility index (Phi) is 5.28. The van der Waals surface area contributed by atoms with Gasteiger partial charge in [-0.05, 0) is 95.2 Å². The van der Waals surface area contributed by atoms with Crippen molar-refractivity contribution in [3.05, 3.63) is 125 Å². The molecule has 40 heavy (non-hydrogen) atoms. The molecule has 0 saturated heterocycles. The van der Waals surface area contributed by atoms with Gasteiger partial charge in [-0.2, -0.15) is 0 Å². The molecule has 0 radical (unpaired) electrons. The van der Waals surface area contributed by atoms with E-state index in [1.54, 1.807) is 24.3 Å². The highest BCUT2D eigenvalue weighted by Gasteiger charge is 2.20. The minimum Gasteiger partial charge on any atom is -0.478 e. The fourth-order valence-electron chi connectivity index (χ4n) is 5.43. The summed E-state index contributed by atoms with van der Waals surface area (Å²) in [4.78, 5) is 24.3. The predicted molar refractivity (Wildman–Crippen MR) is 162 cm³/mol. The summed E-state index contributed by atoms with van der Waals surface area (Å²) in [6, 6.07) is 33.2. The molecular weight excluding hydrogens is 500 g/mol. The zero-order valence-electron chi connectivity index (χ0n) is 21.1. The number of benzene rings is 6. The molecule has 0 spiro atoms. The highest BCUT2D eigenvalue weighted by molar-refractivity contribution is 6.21. The van der Waals surface area contributed by atoms with Crippen molar-refractivity contribution in [1.82, 2.24) is 0 Å². The van der Waals surface area contributed by atoms with Gasteiger partial charge >= 0.3 is 5.97 Å². The first-order valence-electron chi connectivity index (χ1n) is 12.8. The van der Waals surface area contributed by atoms with Gasteiger partial charge in [-0.15, -0.1) is 0 Å². The van der Waals surface area contributed by atoms with E-state index in [0.717, 1.165) is 49.3 Å². The van der Waals surface area contributed by atoms with E-state index in [9.17, 15) is 14.7 Å². The van der Waals surface area contributed by atoms with Crippen molar-refractivity contribution in [3.8, 4) is 11.1 Å². The SMILES string of the molecule is Nc1ccc(Nc2ccc3c(ccc4c(-c5ccccc5C(=O)O)c5ccc6cc(=O)ccc6c5oc43)c2)cc1. The molecule has 0 unspecified atom stereocenters. The van der Waals surface area contributed by atoms with Crippen molar-refractivity contribution in [1.29, 1.82) is 0 Å². The number of nitrogens with one attached hydrogen (secondary N) is 1. The van der Waals surface area contributed by atoms with Crippen molar-refractivity contribution in [2.45, 2.75) is 0 Å². The molecule has 6 aromatic carbocycles. The molecule has 6 heteroatoms. The van der Waals surface area contributed by atoms with Crippen LogP contribution in [0.5, 0.6) is 0 Å². The van der Waals surface area contributed by atoms with E-state index >= 15 is 0 Å². The first kappa shape index (κ1) is 23.5. The van der Waals surface area contributed by atoms with E-state index in [1.807, 2.05) is 78.9 Å². The van der Waals surface area contributed by atoms with Gasteiger partial charge in [0, 0.05) is 44.2 Å². The highest BCUT2D eigenvalue weighted by Crippen LogP contribution is 2.42. The molecule has 1 heterocycles. The van der Waals surface area contributed by atoms with E-state index in [0.29, 0.717) is 22.4 Å². The molecule has 0 fully saturated rings. The van der Waals surface area contributed by atoms with Gasteiger partial charge in [0.05, 0.1) is 5.56 Å². The number of nitrogens with two attached hydrogens (primary N) is 1. The van der Waals surface area contributed by atoms with Crippen LogP contribution in [0.1, 0.15) is 10.4 Å². The molecular formula is C34H22N2O4. The summed E-state index contributed by atoms with van der Waals surface area (Å²) in [6.45, 7) is 0. The summed E-state index contributed by atoms with van der Waals surface area (Å²) in [7, 11) is 0. The lowest BCUT2D eigenvalue weighted by Crippen LogP contribution is -2.00. The van der Waals surface area contributed by atoms with Crippen molar-refractivity contribution in [3.63, 3.8) is 0 Å². The predicted octanol–water partition coefficient (Wildman–Crippen LogP) is 7.94. The Morgan fingerprint density at radius 2 is 1.27 bits per heavy atom. The molecule has 0 bridgehead atoms. The molecule has 4 N–H and O–H groups in total. The zero-order chi connectivity index (χ0) is 27.4. The maximum absolute atomic E-state index is 12.3. The van der Waals surface area contributed by atoms with E-state index in [4.69, 9.17) is 10.2 Å². The Labute approximate surface area is 227 Å². The number of nitrogen functional groups attached to an aromatic ring is 1. The molecule has 6 nitrogen and oxygen atoms in total. The third-order valence-electron chi connectivity index (χ3n) is 7.28. The van der Waals surface area contributed by atoms with Gasteiger partial charge in [-0.3, -0.25) is 4.79 Å². The topological polar surface area (TPSA) is 106 Å². The average molecular weight is 523 g/mol. The van der Waals surface area contributed by atoms with Crippen LogP contribution in [0.3, 0.4) is 0 Å². The first-order chi connectivity index (χ1) is 19.5. The van der Waals surface area contributed by atoms with Gasteiger partial charge in [0.1, 0.15) is 11.2 Å². The normalized spacial score (nSPS) is 11.4. The molecule has 192 valence electrons. The van der Waals surface area contributed by atoms with Gasteiger partial charge in [0.2, 0.25) is 0 Å². The number of carboxylic acids is 1. The van der Waals surface area contributed by atoms with E-state index in [-0.39, 0.29) is 11.0 Å². The van der Waals surface area contributed by atoms with E-state index in [2.05, 4.69) is 5.32 Å². The molecule has 0 aliphatic rings. The summed E-state index contributed by atoms with van der Waals surface area (Å²) in [6.07, 6.45) is 0. The molecule has 1 aromatic heterocycles. The lowest BCUT2D eigenvalue weighted by atomic mass is 9.91. The summed E-state index contributed by atoms with van der Waals surface area (Å²) >= 11 is 0. The van der Waals surface area contributed by atoms with Crippen LogP contribution >= 0.6 is 0 Å². The van der Waals surface area contributed by atoms with Crippen LogP contribution in [-0.4, -0.2) is 11.1 Å². The molecule has 0 atom stereocenters. The van der Waals surface area contributed by atoms with Crippen LogP contribution in [0.25, 0.3) is 54.6 Å². The van der Waals surface area contributed by atoms with E-state index in [1.165, 1.54) is 6.07 Å². The largest absolute Gasteiger partial charge is 0.478 e. The molecule has 7 rings (SSSR count). The Morgan fingerprint density at radius 3 is 1.98 bits per heavy atom. The van der Waals surface area contributed by atoms with Gasteiger partial charge < -0.3 is 20.6 Å². The van der Waals surface area contributed by atoms with Crippen molar-refractivity contribution >= 4 is 66.5 Å². The average Bonchev–Trinajstić information content (AvgIpc) is 2.96. The molecule has 0 amide bonds. The lowest BCUT2D eigenvalue weighted by molar-refractivity contribution is 0.0697. The number of rotatable bonds is 4. The molecule has 0 saturated carbocycles. The van der Waals surface area contributed by atoms with Gasteiger partial charge in [-0.1, -0.05) is 30.3 Å². The van der Waals surface area contributed by atoms with Gasteiger partial charge in [-0.25, -0.2) is 4.79 Å². The van der Waals surface area contributed by atoms with Crippen LogP contribution in [0, 0.1) is 0 Å². The number of anilines is 3. The quantitative estimate of drug-likeness (QED) is 0.123. The van der Waals surface area contributed by atoms with Crippen molar-refractivity contribution < 1.29 is 14.3 Å². The van der Waals surface area contributed by atoms with Crippen molar-refractivity contribution in [2.24, 2.45) is 0 Å². The smallest absolute Gasteiger partial charge is 0.336 e. The molecule has 0 aliphatic carbocycles. The monoisotopic (exact) mass is 522 g/mol. The van der Waals surface area contributed by atoms with Crippen molar-refractivity contribution in [2.75, 3.05) is 11.1 Å². The Balaban J connectivity index is 1.55. The third-order valence-corrected chi connectivity index (χ3v) is 7.28. The Morgan fingerprint density at radius 1 is 0.675 bits per heavy atom. The number of carboxylic acid groups (broad SMARTS) is 1. The maximum atomic E-state index is 12.3. The summed E-state index contributed by atoms with van der Waals surface area (Å²) in [5, 5.41) is 18.4. The minimum atomic E-state index is -1.01. The Hall–Kier alpha value is -5.62. The lowest BCUT2D eigenvalue weighted by Gasteiger charge is -2.16. The minimum absolute atomic E-state index is 0.0873. The number of fused-ring (bicyclic) bond motifs is 6. The van der Waals surface area contributed by atoms with Crippen LogP contribution in [0.2, 0.25) is 0 Å². The number of aromatic carboxylic acids is 1. The standard InChI is InChI=1S/C34H22N2O4/c35-21-7-9-22(10-8-21)36-23-11-15-25-19(17-23)5-13-29-31(27-3-1-2-4-28(27)34(38)39)30-14-6-20-18-24(37)12-16-26(20)33(30)40-32(25)29/h1-18,36H,35H2,(H,38,39). The van der Waals surface area contributed by atoms with E-state index < -0.39 is 5.97 Å². The Bertz CT molecular complexity index is 2200. The second-order valence-electron chi connectivity index (χ2n) is 9.78. The highest BCUT2D eigenvalue weighted by atomic mass is 16.4. The summed E-state index contributed by atoms with van der Waals surface area (Å²) in [5.74, 6) is -1.01. The second kappa shape index (κ2) is 8.99. The van der Waals surface area contributed by atoms with Gasteiger partial charge in [0.15, 0.2) is 5.43 Å². The number of carbonyl (C=O) groups is 1. The molecule has 7 aromatic rings. The first-order valence-corrected chi connectivity index (χ1v) is 12.8. The van der Waals surface area contributed by atoms with Crippen LogP contribution in [-0.2, 0) is 0 Å². The maximum Gasteiger partial charge on any atom is 0.336 e. The summed E-state index contributed by atoms with van der Waals surface area (Å²) in [5.41, 5.74) is 11.1. The van der Waals surface area contributed by atoms with Crippen LogP contribution in [0.15, 0.2) is 118 Å². The summed E-state index contributed by atoms with van der Waals surface area (Å²) < 4.78 is 6.66. The fraction of sp³-hybridized carbons (Fsp3) is 0. The van der Waals surface area contributed by atoms with Crippen LogP contribution in [0.4, 0.5) is 17.1 Å². The third kappa shape index (κ3) is 3.82. The molecule has 0 aliphatic heterocycles. The fourth-order valence-corrected chi connectivity index (χ4v) is 5.43. The second-order valence-corrected chi connectivity index (χ2v) is 9.78. The van der Waals surface area contributed by atoms with Gasteiger partial charge in [0.25, 0.3) is 0 Å². The number of hydrogen-bond acceptors (Lipinski definition) is 5. The van der Waals surface area contributed by atoms with Crippen LogP contribution < -0.4 is 16.5 Å².